The van der Waals surface area contributed by atoms with Crippen molar-refractivity contribution in [1.82, 2.24) is 9.58 Å². The fraction of sp³-hybridized carbons (Fsp3) is 0.130. The van der Waals surface area contributed by atoms with Crippen LogP contribution >= 0.6 is 34.7 Å². The fourth-order valence-electron chi connectivity index (χ4n) is 3.77. The Bertz CT molecular complexity index is 1350. The summed E-state index contributed by atoms with van der Waals surface area (Å²) in [4.78, 5) is 18.2. The number of fused-ring (bicyclic) bond motifs is 1. The second kappa shape index (κ2) is 8.20. The van der Waals surface area contributed by atoms with Gasteiger partial charge in [0.1, 0.15) is 5.04 Å². The lowest BCUT2D eigenvalue weighted by atomic mass is 10.1. The van der Waals surface area contributed by atoms with Gasteiger partial charge in [-0.15, -0.1) is 11.3 Å². The first-order chi connectivity index (χ1) is 15.4. The van der Waals surface area contributed by atoms with Crippen molar-refractivity contribution in [2.75, 3.05) is 0 Å². The lowest BCUT2D eigenvalue weighted by molar-refractivity contribution is -0.114. The maximum absolute atomic E-state index is 12.8. The van der Waals surface area contributed by atoms with Gasteiger partial charge in [0.25, 0.3) is 5.91 Å². The Labute approximate surface area is 198 Å². The molecule has 1 amide bonds. The molecule has 0 saturated heterocycles. The minimum absolute atomic E-state index is 0.0428. The normalized spacial score (nSPS) is 17.1. The molecule has 0 unspecified atom stereocenters. The van der Waals surface area contributed by atoms with Gasteiger partial charge in [-0.1, -0.05) is 23.7 Å². The van der Waals surface area contributed by atoms with E-state index in [-0.39, 0.29) is 11.4 Å². The predicted octanol–water partition coefficient (Wildman–Crippen LogP) is 5.67. The minimum atomic E-state index is -0.422. The minimum Gasteiger partial charge on any atom is -0.318 e. The number of amides is 1. The van der Waals surface area contributed by atoms with Crippen LogP contribution in [-0.4, -0.2) is 31.5 Å². The van der Waals surface area contributed by atoms with Gasteiger partial charge in [0.15, 0.2) is 5.84 Å². The summed E-state index contributed by atoms with van der Waals surface area (Å²) in [5.41, 5.74) is 3.97. The van der Waals surface area contributed by atoms with E-state index >= 15 is 0 Å². The largest absolute Gasteiger partial charge is 0.318 e. The number of hydrogen-bond acceptors (Lipinski definition) is 5. The molecule has 32 heavy (non-hydrogen) atoms. The van der Waals surface area contributed by atoms with Gasteiger partial charge in [-0.25, -0.2) is 0 Å². The molecule has 0 radical (unpaired) electrons. The first-order valence-corrected chi connectivity index (χ1v) is 11.9. The molecule has 4 heterocycles. The average Bonchev–Trinajstić information content (AvgIpc) is 3.46. The maximum atomic E-state index is 12.8. The number of hydrogen-bond donors (Lipinski definition) is 1. The van der Waals surface area contributed by atoms with E-state index in [1.807, 2.05) is 61.7 Å². The summed E-state index contributed by atoms with van der Waals surface area (Å²) in [6, 6.07) is 13.7. The molecule has 0 bridgehead atoms. The number of aryl methyl sites for hydroxylation is 1. The zero-order valence-electron chi connectivity index (χ0n) is 17.3. The first-order valence-electron chi connectivity index (χ1n) is 9.87. The summed E-state index contributed by atoms with van der Waals surface area (Å²) < 4.78 is 2.08. The lowest BCUT2D eigenvalue weighted by Crippen LogP contribution is -2.35. The number of amidine groups is 2. The monoisotopic (exact) mass is 479 g/mol. The van der Waals surface area contributed by atoms with Crippen LogP contribution in [0, 0.1) is 19.3 Å². The quantitative estimate of drug-likeness (QED) is 0.490. The Balaban J connectivity index is 1.48. The third kappa shape index (κ3) is 3.74. The topological polar surface area (TPSA) is 73.8 Å². The number of aliphatic imine (C=N–C) groups is 1. The van der Waals surface area contributed by atoms with Crippen LogP contribution < -0.4 is 0 Å². The number of hydrazone groups is 1. The van der Waals surface area contributed by atoms with Crippen molar-refractivity contribution in [3.8, 4) is 5.69 Å². The zero-order valence-corrected chi connectivity index (χ0v) is 19.7. The maximum Gasteiger partial charge on any atom is 0.283 e. The summed E-state index contributed by atoms with van der Waals surface area (Å²) in [6.07, 6.45) is 2.39. The SMILES string of the molecule is Cc1cc(/C=C2/C(=N)N3N=C(Cc4cccs4)SC3=NC2=O)c(C)n1-c1cccc(Cl)c1. The number of thioether (sulfide) groups is 1. The van der Waals surface area contributed by atoms with E-state index in [0.29, 0.717) is 16.6 Å². The van der Waals surface area contributed by atoms with Crippen molar-refractivity contribution < 1.29 is 4.79 Å². The van der Waals surface area contributed by atoms with Crippen LogP contribution in [0.15, 0.2) is 63.5 Å². The van der Waals surface area contributed by atoms with Gasteiger partial charge in [-0.05, 0) is 73.0 Å². The van der Waals surface area contributed by atoms with Crippen LogP contribution in [0.25, 0.3) is 11.8 Å². The number of carbonyl (C=O) groups excluding carboxylic acids is 1. The van der Waals surface area contributed by atoms with Crippen LogP contribution in [0.3, 0.4) is 0 Å². The number of benzene rings is 1. The molecule has 6 nitrogen and oxygen atoms in total. The van der Waals surface area contributed by atoms with Gasteiger partial charge in [0.05, 0.1) is 5.57 Å². The number of nitrogens with one attached hydrogen (secondary N) is 1. The summed E-state index contributed by atoms with van der Waals surface area (Å²) in [7, 11) is 0. The highest BCUT2D eigenvalue weighted by molar-refractivity contribution is 8.27. The number of thiophene rings is 1. The molecular formula is C23H18ClN5OS2. The van der Waals surface area contributed by atoms with E-state index < -0.39 is 5.91 Å². The fourth-order valence-corrected chi connectivity index (χ4v) is 5.66. The Morgan fingerprint density at radius 2 is 2.03 bits per heavy atom. The van der Waals surface area contributed by atoms with Crippen LogP contribution in [0.2, 0.25) is 5.02 Å². The third-order valence-electron chi connectivity index (χ3n) is 5.24. The highest BCUT2D eigenvalue weighted by Gasteiger charge is 2.35. The molecule has 2 aliphatic rings. The molecule has 0 aliphatic carbocycles. The van der Waals surface area contributed by atoms with Gasteiger partial charge in [0, 0.05) is 33.4 Å². The first kappa shape index (κ1) is 20.9. The standard InChI is InChI=1S/C23H18ClN5OS2/c1-13-9-15(14(2)28(13)17-6-3-5-16(24)11-17)10-19-21(25)29-23(26-22(19)30)32-20(27-29)12-18-7-4-8-31-18/h3-11,25H,12H2,1-2H3/b19-10-,25-21?. The molecule has 3 aromatic rings. The number of carbonyl (C=O) groups is 1. The second-order valence-electron chi connectivity index (χ2n) is 7.41. The predicted molar refractivity (Wildman–Crippen MR) is 133 cm³/mol. The number of halogens is 1. The number of rotatable bonds is 4. The Morgan fingerprint density at radius 3 is 2.78 bits per heavy atom. The molecule has 9 heteroatoms. The van der Waals surface area contributed by atoms with Crippen molar-refractivity contribution in [3.63, 3.8) is 0 Å². The third-order valence-corrected chi connectivity index (χ3v) is 7.26. The molecule has 0 atom stereocenters. The molecule has 1 aromatic carbocycles. The zero-order chi connectivity index (χ0) is 22.4. The van der Waals surface area contributed by atoms with E-state index in [1.54, 1.807) is 17.4 Å². The Kier molecular flexibility index (Phi) is 5.36. The Morgan fingerprint density at radius 1 is 1.19 bits per heavy atom. The Hall–Kier alpha value is -2.94. The second-order valence-corrected chi connectivity index (χ2v) is 9.92. The van der Waals surface area contributed by atoms with Gasteiger partial charge in [-0.3, -0.25) is 10.2 Å². The van der Waals surface area contributed by atoms with E-state index in [1.165, 1.54) is 21.6 Å². The van der Waals surface area contributed by atoms with Crippen molar-refractivity contribution in [2.45, 2.75) is 20.3 Å². The van der Waals surface area contributed by atoms with Crippen LogP contribution in [-0.2, 0) is 11.2 Å². The highest BCUT2D eigenvalue weighted by Crippen LogP contribution is 2.31. The van der Waals surface area contributed by atoms with Crippen molar-refractivity contribution >= 4 is 62.7 Å². The van der Waals surface area contributed by atoms with Gasteiger partial charge in [-0.2, -0.15) is 15.1 Å². The molecule has 0 spiro atoms. The van der Waals surface area contributed by atoms with Crippen molar-refractivity contribution in [1.29, 1.82) is 5.41 Å². The molecule has 0 saturated carbocycles. The van der Waals surface area contributed by atoms with Gasteiger partial charge >= 0.3 is 0 Å². The van der Waals surface area contributed by atoms with Gasteiger partial charge < -0.3 is 4.57 Å². The van der Waals surface area contributed by atoms with Gasteiger partial charge in [0.2, 0.25) is 5.17 Å². The van der Waals surface area contributed by atoms with E-state index in [4.69, 9.17) is 17.0 Å². The smallest absolute Gasteiger partial charge is 0.283 e. The summed E-state index contributed by atoms with van der Waals surface area (Å²) in [6.45, 7) is 3.98. The molecule has 160 valence electrons. The molecule has 0 fully saturated rings. The van der Waals surface area contributed by atoms with Crippen LogP contribution in [0.4, 0.5) is 0 Å². The molecule has 2 aromatic heterocycles. The molecular weight excluding hydrogens is 462 g/mol. The van der Waals surface area contributed by atoms with E-state index in [9.17, 15) is 4.79 Å². The van der Waals surface area contributed by atoms with Crippen LogP contribution in [0.1, 0.15) is 21.8 Å². The summed E-state index contributed by atoms with van der Waals surface area (Å²) in [5, 5.41) is 18.6. The molecule has 5 rings (SSSR count). The number of aromatic nitrogens is 1. The number of nitrogens with zero attached hydrogens (tertiary/aromatic N) is 4. The van der Waals surface area contributed by atoms with Crippen LogP contribution in [0.5, 0.6) is 0 Å². The summed E-state index contributed by atoms with van der Waals surface area (Å²) in [5.74, 6) is -0.380. The van der Waals surface area contributed by atoms with E-state index in [2.05, 4.69) is 14.7 Å². The van der Waals surface area contributed by atoms with E-state index in [0.717, 1.165) is 27.7 Å². The van der Waals surface area contributed by atoms with Crippen molar-refractivity contribution in [3.05, 3.63) is 80.3 Å². The molecule has 2 aliphatic heterocycles. The molecule has 1 N–H and O–H groups in total. The average molecular weight is 480 g/mol. The lowest BCUT2D eigenvalue weighted by Gasteiger charge is -2.20. The van der Waals surface area contributed by atoms with Crippen molar-refractivity contribution in [2.24, 2.45) is 10.1 Å². The highest BCUT2D eigenvalue weighted by atomic mass is 35.5. The summed E-state index contributed by atoms with van der Waals surface area (Å²) >= 11 is 9.18.